The quantitative estimate of drug-likeness (QED) is 0.659. The first kappa shape index (κ1) is 13.2. The fourth-order valence-corrected chi connectivity index (χ4v) is 1.90. The summed E-state index contributed by atoms with van der Waals surface area (Å²) in [6.45, 7) is 0. The molecule has 0 saturated heterocycles. The number of carboxylic acid groups (broad SMARTS) is 1. The van der Waals surface area contributed by atoms with Crippen molar-refractivity contribution >= 4 is 23.2 Å². The Morgan fingerprint density at radius 2 is 2.35 bits per heavy atom. The smallest absolute Gasteiger partial charge is 0.327 e. The summed E-state index contributed by atoms with van der Waals surface area (Å²) in [5.74, 6) is 0.477. The van der Waals surface area contributed by atoms with Crippen LogP contribution in [0.4, 0.5) is 0 Å². The highest BCUT2D eigenvalue weighted by Gasteiger charge is 2.23. The number of hydrogen-bond donors (Lipinski definition) is 3. The molecule has 1 rings (SSSR count). The van der Waals surface area contributed by atoms with Crippen molar-refractivity contribution in [3.63, 3.8) is 0 Å². The van der Waals surface area contributed by atoms with Crippen molar-refractivity contribution in [2.45, 2.75) is 18.5 Å². The molecule has 1 aromatic heterocycles. The van der Waals surface area contributed by atoms with E-state index in [1.54, 1.807) is 17.5 Å². The van der Waals surface area contributed by atoms with Gasteiger partial charge in [-0.05, 0) is 11.4 Å². The third kappa shape index (κ3) is 3.59. The second-order valence-electron chi connectivity index (χ2n) is 3.30. The van der Waals surface area contributed by atoms with Crippen molar-refractivity contribution in [2.75, 3.05) is 0 Å². The Morgan fingerprint density at radius 1 is 1.65 bits per heavy atom. The molecular formula is C11H12N2O3S. The second kappa shape index (κ2) is 6.03. The fourth-order valence-electron chi connectivity index (χ4n) is 1.18. The highest BCUT2D eigenvalue weighted by molar-refractivity contribution is 7.10. The number of terminal acetylenes is 1. The normalized spacial score (nSPS) is 13.4. The van der Waals surface area contributed by atoms with Gasteiger partial charge in [0.1, 0.15) is 12.1 Å². The van der Waals surface area contributed by atoms with Crippen LogP contribution in [0.2, 0.25) is 0 Å². The molecule has 5 nitrogen and oxygen atoms in total. The number of carboxylic acids is 1. The predicted octanol–water partition coefficient (Wildman–Crippen LogP) is 0.341. The number of nitrogens with one attached hydrogen (secondary N) is 1. The van der Waals surface area contributed by atoms with Crippen molar-refractivity contribution in [3.05, 3.63) is 22.4 Å². The number of nitrogens with two attached hydrogens (primary N) is 1. The van der Waals surface area contributed by atoms with E-state index < -0.39 is 24.0 Å². The standard InChI is InChI=1S/C11H12N2O3S/c1-2-4-7(11(15)16)13-10(14)9(12)8-5-3-6-17-8/h1,3,5-7,9H,4,12H2,(H,13,14)(H,15,16). The van der Waals surface area contributed by atoms with Gasteiger partial charge in [-0.3, -0.25) is 4.79 Å². The Balaban J connectivity index is 2.65. The molecule has 0 bridgehead atoms. The number of amides is 1. The first-order chi connectivity index (χ1) is 8.06. The Morgan fingerprint density at radius 3 is 2.82 bits per heavy atom. The monoisotopic (exact) mass is 252 g/mol. The zero-order chi connectivity index (χ0) is 12.8. The van der Waals surface area contributed by atoms with E-state index in [1.807, 2.05) is 0 Å². The lowest BCUT2D eigenvalue weighted by molar-refractivity contribution is -0.141. The number of hydrogen-bond acceptors (Lipinski definition) is 4. The van der Waals surface area contributed by atoms with E-state index in [0.717, 1.165) is 0 Å². The minimum Gasteiger partial charge on any atom is -0.480 e. The van der Waals surface area contributed by atoms with Gasteiger partial charge in [-0.15, -0.1) is 23.7 Å². The maximum atomic E-state index is 11.7. The van der Waals surface area contributed by atoms with E-state index in [4.69, 9.17) is 17.3 Å². The summed E-state index contributed by atoms with van der Waals surface area (Å²) in [5.41, 5.74) is 5.68. The molecule has 1 amide bonds. The predicted molar refractivity (Wildman–Crippen MR) is 64.3 cm³/mol. The highest BCUT2D eigenvalue weighted by Crippen LogP contribution is 2.16. The molecule has 0 aliphatic carbocycles. The molecule has 0 saturated carbocycles. The summed E-state index contributed by atoms with van der Waals surface area (Å²) in [4.78, 5) is 23.1. The molecule has 0 aliphatic rings. The molecule has 0 aromatic carbocycles. The second-order valence-corrected chi connectivity index (χ2v) is 4.28. The maximum Gasteiger partial charge on any atom is 0.327 e. The maximum absolute atomic E-state index is 11.7. The van der Waals surface area contributed by atoms with Crippen LogP contribution in [-0.2, 0) is 9.59 Å². The summed E-state index contributed by atoms with van der Waals surface area (Å²) in [6.07, 6.45) is 4.95. The van der Waals surface area contributed by atoms with Gasteiger partial charge in [-0.25, -0.2) is 4.79 Å². The van der Waals surface area contributed by atoms with Crippen LogP contribution < -0.4 is 11.1 Å². The number of carbonyl (C=O) groups is 2. The number of rotatable bonds is 5. The molecule has 0 aliphatic heterocycles. The molecule has 6 heteroatoms. The molecule has 2 unspecified atom stereocenters. The number of thiophene rings is 1. The van der Waals surface area contributed by atoms with Crippen molar-refractivity contribution in [1.29, 1.82) is 0 Å². The van der Waals surface area contributed by atoms with Gasteiger partial charge in [0, 0.05) is 11.3 Å². The topological polar surface area (TPSA) is 92.4 Å². The van der Waals surface area contributed by atoms with Crippen molar-refractivity contribution < 1.29 is 14.7 Å². The van der Waals surface area contributed by atoms with Crippen LogP contribution in [0.3, 0.4) is 0 Å². The molecule has 1 heterocycles. The lowest BCUT2D eigenvalue weighted by atomic mass is 10.2. The zero-order valence-corrected chi connectivity index (χ0v) is 9.74. The van der Waals surface area contributed by atoms with Gasteiger partial charge in [-0.1, -0.05) is 6.07 Å². The van der Waals surface area contributed by atoms with Crippen LogP contribution in [0.1, 0.15) is 17.3 Å². The van der Waals surface area contributed by atoms with E-state index in [2.05, 4.69) is 11.2 Å². The average Bonchev–Trinajstić information content (AvgIpc) is 2.80. The van der Waals surface area contributed by atoms with Crippen molar-refractivity contribution in [1.82, 2.24) is 5.32 Å². The van der Waals surface area contributed by atoms with E-state index >= 15 is 0 Å². The lowest BCUT2D eigenvalue weighted by Crippen LogP contribution is -2.44. The van der Waals surface area contributed by atoms with Crippen LogP contribution in [0.25, 0.3) is 0 Å². The van der Waals surface area contributed by atoms with Crippen molar-refractivity contribution in [3.8, 4) is 12.3 Å². The van der Waals surface area contributed by atoms with E-state index in [1.165, 1.54) is 11.3 Å². The largest absolute Gasteiger partial charge is 0.480 e. The Kier molecular flexibility index (Phi) is 4.69. The molecule has 2 atom stereocenters. The highest BCUT2D eigenvalue weighted by atomic mass is 32.1. The van der Waals surface area contributed by atoms with Gasteiger partial charge in [0.05, 0.1) is 0 Å². The first-order valence-electron chi connectivity index (χ1n) is 4.82. The molecule has 0 radical (unpaired) electrons. The summed E-state index contributed by atoms with van der Waals surface area (Å²) in [6, 6.07) is 1.52. The molecule has 4 N–H and O–H groups in total. The van der Waals surface area contributed by atoms with Gasteiger partial charge in [0.15, 0.2) is 0 Å². The van der Waals surface area contributed by atoms with Crippen LogP contribution in [0, 0.1) is 12.3 Å². The summed E-state index contributed by atoms with van der Waals surface area (Å²) < 4.78 is 0. The van der Waals surface area contributed by atoms with E-state index in [9.17, 15) is 9.59 Å². The molecule has 0 fully saturated rings. The number of aliphatic carboxylic acids is 1. The Bertz CT molecular complexity index is 436. The number of carbonyl (C=O) groups excluding carboxylic acids is 1. The van der Waals surface area contributed by atoms with Crippen LogP contribution in [0.15, 0.2) is 17.5 Å². The van der Waals surface area contributed by atoms with Crippen LogP contribution in [0.5, 0.6) is 0 Å². The van der Waals surface area contributed by atoms with Crippen molar-refractivity contribution in [2.24, 2.45) is 5.73 Å². The minimum absolute atomic E-state index is 0.0712. The first-order valence-corrected chi connectivity index (χ1v) is 5.70. The van der Waals surface area contributed by atoms with E-state index in [-0.39, 0.29) is 6.42 Å². The van der Waals surface area contributed by atoms with Gasteiger partial charge in [-0.2, -0.15) is 0 Å². The fraction of sp³-hybridized carbons (Fsp3) is 0.273. The molecular weight excluding hydrogens is 240 g/mol. The molecule has 1 aromatic rings. The average molecular weight is 252 g/mol. The van der Waals surface area contributed by atoms with Gasteiger partial charge < -0.3 is 16.2 Å². The SMILES string of the molecule is C#CCC(NC(=O)C(N)c1cccs1)C(=O)O. The van der Waals surface area contributed by atoms with Crippen LogP contribution in [-0.4, -0.2) is 23.0 Å². The molecule has 90 valence electrons. The summed E-state index contributed by atoms with van der Waals surface area (Å²) >= 11 is 1.33. The van der Waals surface area contributed by atoms with Gasteiger partial charge >= 0.3 is 5.97 Å². The summed E-state index contributed by atoms with van der Waals surface area (Å²) in [5, 5.41) is 12.9. The third-order valence-electron chi connectivity index (χ3n) is 2.07. The van der Waals surface area contributed by atoms with Gasteiger partial charge in [0.25, 0.3) is 0 Å². The Labute approximate surface area is 103 Å². The lowest BCUT2D eigenvalue weighted by Gasteiger charge is -2.15. The molecule has 0 spiro atoms. The third-order valence-corrected chi connectivity index (χ3v) is 3.02. The van der Waals surface area contributed by atoms with E-state index in [0.29, 0.717) is 4.88 Å². The van der Waals surface area contributed by atoms with Gasteiger partial charge in [0.2, 0.25) is 5.91 Å². The minimum atomic E-state index is -1.17. The zero-order valence-electron chi connectivity index (χ0n) is 8.92. The summed E-state index contributed by atoms with van der Waals surface area (Å²) in [7, 11) is 0. The Hall–Kier alpha value is -1.84. The van der Waals surface area contributed by atoms with Crippen LogP contribution >= 0.6 is 11.3 Å². The molecule has 17 heavy (non-hydrogen) atoms.